The molecule has 4 rings (SSSR count). The van der Waals surface area contributed by atoms with Crippen molar-refractivity contribution in [3.8, 4) is 11.5 Å². The zero-order valence-corrected chi connectivity index (χ0v) is 21.9. The van der Waals surface area contributed by atoms with Gasteiger partial charge in [0.2, 0.25) is 6.29 Å². The van der Waals surface area contributed by atoms with E-state index in [1.54, 1.807) is 6.92 Å². The second-order valence-electron chi connectivity index (χ2n) is 11.1. The van der Waals surface area contributed by atoms with E-state index < -0.39 is 36.7 Å². The second kappa shape index (κ2) is 9.75. The standard InChI is InChI=1S/C28H40O7/c1-12(2)10-18-11-14(4)19-9-8-13(3)20-22(19)21(18)15(5)23(30)26(20)35-28-25(32)27(34-17(7)29)24(31)16(6)33-28/h10,13-14,16,18-19,24-25,27-28,30-32H,8-9,11H2,1-7H3/t13-,14-,16-,18-,19?,24+,25-,27+,28-/m1/s1. The third-order valence-corrected chi connectivity index (χ3v) is 8.11. The van der Waals surface area contributed by atoms with Gasteiger partial charge < -0.3 is 29.5 Å². The van der Waals surface area contributed by atoms with E-state index in [9.17, 15) is 20.1 Å². The van der Waals surface area contributed by atoms with E-state index in [-0.39, 0.29) is 17.6 Å². The molecule has 1 aliphatic heterocycles. The van der Waals surface area contributed by atoms with Gasteiger partial charge in [-0.15, -0.1) is 0 Å². The van der Waals surface area contributed by atoms with Gasteiger partial charge in [-0.1, -0.05) is 25.5 Å². The van der Waals surface area contributed by atoms with Crippen LogP contribution in [0.25, 0.3) is 0 Å². The minimum atomic E-state index is -1.42. The highest BCUT2D eigenvalue weighted by atomic mass is 16.7. The topological polar surface area (TPSA) is 105 Å². The number of rotatable bonds is 4. The second-order valence-corrected chi connectivity index (χ2v) is 11.1. The molecule has 3 N–H and O–H groups in total. The van der Waals surface area contributed by atoms with Crippen molar-refractivity contribution in [1.82, 2.24) is 0 Å². The molecule has 1 aromatic rings. The third-order valence-electron chi connectivity index (χ3n) is 8.11. The molecule has 1 fully saturated rings. The minimum absolute atomic E-state index is 0.0616. The summed E-state index contributed by atoms with van der Waals surface area (Å²) in [6.45, 7) is 13.5. The van der Waals surface area contributed by atoms with Crippen LogP contribution in [0.1, 0.15) is 101 Å². The van der Waals surface area contributed by atoms with Crippen LogP contribution in [0.4, 0.5) is 0 Å². The Morgan fingerprint density at radius 2 is 1.71 bits per heavy atom. The van der Waals surface area contributed by atoms with Crippen molar-refractivity contribution in [2.75, 3.05) is 0 Å². The maximum Gasteiger partial charge on any atom is 0.303 e. The summed E-state index contributed by atoms with van der Waals surface area (Å²) in [4.78, 5) is 11.6. The molecule has 1 unspecified atom stereocenters. The molecule has 7 nitrogen and oxygen atoms in total. The molecule has 9 atom stereocenters. The van der Waals surface area contributed by atoms with Gasteiger partial charge in [0.05, 0.1) is 6.10 Å². The van der Waals surface area contributed by atoms with Crippen molar-refractivity contribution >= 4 is 5.97 Å². The van der Waals surface area contributed by atoms with Crippen molar-refractivity contribution < 1.29 is 34.3 Å². The van der Waals surface area contributed by atoms with Crippen molar-refractivity contribution in [3.05, 3.63) is 33.9 Å². The highest BCUT2D eigenvalue weighted by Gasteiger charge is 2.48. The average molecular weight is 489 g/mol. The van der Waals surface area contributed by atoms with E-state index >= 15 is 0 Å². The molecule has 7 heteroatoms. The Balaban J connectivity index is 1.82. The smallest absolute Gasteiger partial charge is 0.303 e. The van der Waals surface area contributed by atoms with Crippen LogP contribution < -0.4 is 4.74 Å². The summed E-state index contributed by atoms with van der Waals surface area (Å²) in [5, 5.41) is 32.8. The van der Waals surface area contributed by atoms with Crippen LogP contribution in [-0.4, -0.2) is 52.0 Å². The summed E-state index contributed by atoms with van der Waals surface area (Å²) >= 11 is 0. The summed E-state index contributed by atoms with van der Waals surface area (Å²) in [5.74, 6) is 1.04. The fourth-order valence-corrected chi connectivity index (χ4v) is 6.45. The molecule has 0 radical (unpaired) electrons. The summed E-state index contributed by atoms with van der Waals surface area (Å²) in [5.41, 5.74) is 5.50. The first-order valence-corrected chi connectivity index (χ1v) is 12.8. The number of aliphatic hydroxyl groups is 2. The lowest BCUT2D eigenvalue weighted by atomic mass is 9.62. The largest absolute Gasteiger partial charge is 0.504 e. The number of allylic oxidation sites excluding steroid dienone is 2. The number of ether oxygens (including phenoxy) is 3. The number of esters is 1. The highest BCUT2D eigenvalue weighted by Crippen LogP contribution is 2.58. The third kappa shape index (κ3) is 4.58. The van der Waals surface area contributed by atoms with E-state index in [0.29, 0.717) is 17.6 Å². The highest BCUT2D eigenvalue weighted by molar-refractivity contribution is 5.66. The lowest BCUT2D eigenvalue weighted by molar-refractivity contribution is -0.272. The first kappa shape index (κ1) is 26.0. The van der Waals surface area contributed by atoms with Crippen LogP contribution in [0.15, 0.2) is 11.6 Å². The number of hydrogen-bond acceptors (Lipinski definition) is 7. The Bertz CT molecular complexity index is 1010. The summed E-state index contributed by atoms with van der Waals surface area (Å²) in [7, 11) is 0. The quantitative estimate of drug-likeness (QED) is 0.422. The average Bonchev–Trinajstić information content (AvgIpc) is 2.76. The Kier molecular flexibility index (Phi) is 7.24. The Morgan fingerprint density at radius 3 is 2.34 bits per heavy atom. The van der Waals surface area contributed by atoms with Gasteiger partial charge >= 0.3 is 5.97 Å². The molecule has 35 heavy (non-hydrogen) atoms. The van der Waals surface area contributed by atoms with E-state index in [4.69, 9.17) is 14.2 Å². The van der Waals surface area contributed by atoms with Crippen LogP contribution in [0.5, 0.6) is 11.5 Å². The number of hydrogen-bond donors (Lipinski definition) is 3. The minimum Gasteiger partial charge on any atom is -0.504 e. The SMILES string of the molecule is CC(=O)O[C@H]1[C@@H](O)[C@@H](C)O[C@H](Oc2c(O)c(C)c3c4c2[C@H](C)CCC4[C@H](C)C[C@H]3C=C(C)C)[C@@H]1O. The van der Waals surface area contributed by atoms with Crippen LogP contribution in [0.2, 0.25) is 0 Å². The molecular weight excluding hydrogens is 448 g/mol. The molecule has 1 saturated heterocycles. The fourth-order valence-electron chi connectivity index (χ4n) is 6.45. The summed E-state index contributed by atoms with van der Waals surface area (Å²) in [6, 6.07) is 0. The number of aliphatic hydroxyl groups excluding tert-OH is 2. The number of aromatic hydroxyl groups is 1. The van der Waals surface area contributed by atoms with Gasteiger partial charge in [0.15, 0.2) is 23.7 Å². The van der Waals surface area contributed by atoms with Crippen molar-refractivity contribution in [1.29, 1.82) is 0 Å². The number of carbonyl (C=O) groups excluding carboxylic acids is 1. The van der Waals surface area contributed by atoms with E-state index in [0.717, 1.165) is 30.4 Å². The van der Waals surface area contributed by atoms with Crippen LogP contribution in [0.3, 0.4) is 0 Å². The fraction of sp³-hybridized carbons (Fsp3) is 0.679. The van der Waals surface area contributed by atoms with E-state index in [1.165, 1.54) is 23.6 Å². The molecule has 2 aliphatic carbocycles. The molecular formula is C28H40O7. The van der Waals surface area contributed by atoms with Gasteiger partial charge in [-0.05, 0) is 81.4 Å². The molecule has 3 aliphatic rings. The van der Waals surface area contributed by atoms with E-state index in [2.05, 4.69) is 33.8 Å². The predicted molar refractivity (Wildman–Crippen MR) is 132 cm³/mol. The Labute approximate surface area is 208 Å². The van der Waals surface area contributed by atoms with Crippen LogP contribution >= 0.6 is 0 Å². The molecule has 194 valence electrons. The van der Waals surface area contributed by atoms with Gasteiger partial charge in [-0.2, -0.15) is 0 Å². The van der Waals surface area contributed by atoms with Gasteiger partial charge in [0.1, 0.15) is 6.10 Å². The normalized spacial score (nSPS) is 36.2. The van der Waals surface area contributed by atoms with Crippen molar-refractivity contribution in [3.63, 3.8) is 0 Å². The van der Waals surface area contributed by atoms with Crippen LogP contribution in [0, 0.1) is 12.8 Å². The lowest BCUT2D eigenvalue weighted by Crippen LogP contribution is -2.59. The number of carbonyl (C=O) groups is 1. The molecule has 0 saturated carbocycles. The Morgan fingerprint density at radius 1 is 1.03 bits per heavy atom. The molecule has 0 aromatic heterocycles. The molecule has 0 amide bonds. The van der Waals surface area contributed by atoms with Gasteiger partial charge in [-0.25, -0.2) is 0 Å². The monoisotopic (exact) mass is 488 g/mol. The van der Waals surface area contributed by atoms with Gasteiger partial charge in [0, 0.05) is 18.4 Å². The van der Waals surface area contributed by atoms with Crippen molar-refractivity contribution in [2.45, 2.75) is 116 Å². The molecule has 0 spiro atoms. The van der Waals surface area contributed by atoms with Crippen molar-refractivity contribution in [2.24, 2.45) is 5.92 Å². The number of phenols is 1. The zero-order chi connectivity index (χ0) is 25.8. The lowest BCUT2D eigenvalue weighted by Gasteiger charge is -2.45. The molecule has 0 bridgehead atoms. The summed E-state index contributed by atoms with van der Waals surface area (Å²) < 4.78 is 17.3. The molecule has 1 aromatic carbocycles. The first-order valence-electron chi connectivity index (χ1n) is 12.8. The number of benzene rings is 1. The van der Waals surface area contributed by atoms with Crippen LogP contribution in [-0.2, 0) is 14.3 Å². The maximum absolute atomic E-state index is 11.6. The maximum atomic E-state index is 11.6. The summed E-state index contributed by atoms with van der Waals surface area (Å²) in [6.07, 6.45) is -0.334. The predicted octanol–water partition coefficient (Wildman–Crippen LogP) is 4.55. The van der Waals surface area contributed by atoms with E-state index in [1.807, 2.05) is 6.92 Å². The molecule has 1 heterocycles. The van der Waals surface area contributed by atoms with Gasteiger partial charge in [0.25, 0.3) is 0 Å². The number of phenolic OH excluding ortho intramolecular Hbond substituents is 1. The van der Waals surface area contributed by atoms with Gasteiger partial charge in [-0.3, -0.25) is 4.79 Å². The Hall–Kier alpha value is -2.09. The zero-order valence-electron chi connectivity index (χ0n) is 21.9. The first-order chi connectivity index (χ1) is 16.4.